The van der Waals surface area contributed by atoms with Crippen LogP contribution in [-0.4, -0.2) is 58.0 Å². The van der Waals surface area contributed by atoms with E-state index in [1.807, 2.05) is 19.1 Å². The molecule has 0 amide bonds. The van der Waals surface area contributed by atoms with Crippen LogP contribution in [0.25, 0.3) is 0 Å². The molecule has 2 fully saturated rings. The minimum absolute atomic E-state index is 0.136. The Bertz CT molecular complexity index is 613. The molecule has 1 atom stereocenters. The maximum absolute atomic E-state index is 10.8. The van der Waals surface area contributed by atoms with Gasteiger partial charge in [0, 0.05) is 44.7 Å². The highest BCUT2D eigenvalue weighted by Crippen LogP contribution is 2.34. The molecule has 2 N–H and O–H groups in total. The zero-order chi connectivity index (χ0) is 17.9. The number of aryl methyl sites for hydroxylation is 2. The predicted octanol–water partition coefficient (Wildman–Crippen LogP) is 2.09. The lowest BCUT2D eigenvalue weighted by molar-refractivity contribution is -0.136. The maximum atomic E-state index is 10.8. The molecule has 1 aromatic heterocycles. The van der Waals surface area contributed by atoms with E-state index >= 15 is 0 Å². The van der Waals surface area contributed by atoms with Crippen molar-refractivity contribution in [2.45, 2.75) is 57.1 Å². The first kappa shape index (κ1) is 18.3. The summed E-state index contributed by atoms with van der Waals surface area (Å²) in [7, 11) is 0. The second kappa shape index (κ2) is 7.81. The van der Waals surface area contributed by atoms with E-state index in [0.717, 1.165) is 36.3 Å². The van der Waals surface area contributed by atoms with Gasteiger partial charge in [-0.05, 0) is 50.4 Å². The third-order valence-corrected chi connectivity index (χ3v) is 5.29. The molecule has 6 heteroatoms. The summed E-state index contributed by atoms with van der Waals surface area (Å²) < 4.78 is 5.38. The second-order valence-corrected chi connectivity index (χ2v) is 7.40. The van der Waals surface area contributed by atoms with Gasteiger partial charge in [0.15, 0.2) is 0 Å². The van der Waals surface area contributed by atoms with E-state index in [1.54, 1.807) is 0 Å². The summed E-state index contributed by atoms with van der Waals surface area (Å²) in [6.07, 6.45) is 4.15. The van der Waals surface area contributed by atoms with Gasteiger partial charge in [-0.15, -0.1) is 0 Å². The zero-order valence-corrected chi connectivity index (χ0v) is 14.9. The number of aliphatic carboxylic acids is 1. The van der Waals surface area contributed by atoms with Crippen LogP contribution in [0.5, 0.6) is 0 Å². The number of β-amino-alcohol motifs (C(OH)–C–C–N with tert-alkyl or cyclic N) is 1. The van der Waals surface area contributed by atoms with E-state index in [9.17, 15) is 9.90 Å². The standard InChI is InChI=1S/C19H28N2O4/c1-14-11-15(4-5-18(22)23)12-16(20-14)17-3-2-8-21(17)13-19(24)6-9-25-10-7-19/h11-12,17,24H,2-10,13H2,1H3,(H,22,23)/t17-/m1/s1. The van der Waals surface area contributed by atoms with Gasteiger partial charge in [-0.2, -0.15) is 0 Å². The van der Waals surface area contributed by atoms with Gasteiger partial charge < -0.3 is 14.9 Å². The Morgan fingerprint density at radius 2 is 2.16 bits per heavy atom. The number of nitrogens with zero attached hydrogens (tertiary/aromatic N) is 2. The number of carboxylic acid groups (broad SMARTS) is 1. The molecule has 0 radical (unpaired) electrons. The molecule has 2 saturated heterocycles. The van der Waals surface area contributed by atoms with Crippen molar-refractivity contribution >= 4 is 5.97 Å². The molecule has 0 saturated carbocycles. The molecule has 3 heterocycles. The van der Waals surface area contributed by atoms with Crippen LogP contribution in [-0.2, 0) is 16.0 Å². The third kappa shape index (κ3) is 4.77. The van der Waals surface area contributed by atoms with Crippen molar-refractivity contribution in [3.05, 3.63) is 29.1 Å². The van der Waals surface area contributed by atoms with Gasteiger partial charge in [0.2, 0.25) is 0 Å². The van der Waals surface area contributed by atoms with Crippen LogP contribution in [0.3, 0.4) is 0 Å². The highest BCUT2D eigenvalue weighted by Gasteiger charge is 2.37. The lowest BCUT2D eigenvalue weighted by Crippen LogP contribution is -2.46. The Labute approximate surface area is 148 Å². The molecular weight excluding hydrogens is 320 g/mol. The number of carboxylic acids is 1. The monoisotopic (exact) mass is 348 g/mol. The molecular formula is C19H28N2O4. The Kier molecular flexibility index (Phi) is 5.71. The highest BCUT2D eigenvalue weighted by molar-refractivity contribution is 5.67. The van der Waals surface area contributed by atoms with E-state index in [1.165, 1.54) is 0 Å². The van der Waals surface area contributed by atoms with E-state index in [-0.39, 0.29) is 12.5 Å². The number of ether oxygens (including phenoxy) is 1. The summed E-state index contributed by atoms with van der Waals surface area (Å²) in [4.78, 5) is 17.9. The van der Waals surface area contributed by atoms with Crippen molar-refractivity contribution in [2.75, 3.05) is 26.3 Å². The van der Waals surface area contributed by atoms with Crippen molar-refractivity contribution in [1.82, 2.24) is 9.88 Å². The van der Waals surface area contributed by atoms with Crippen molar-refractivity contribution in [2.24, 2.45) is 0 Å². The van der Waals surface area contributed by atoms with Gasteiger partial charge in [-0.3, -0.25) is 14.7 Å². The summed E-state index contributed by atoms with van der Waals surface area (Å²) in [5.41, 5.74) is 2.29. The minimum atomic E-state index is -0.778. The number of hydrogen-bond acceptors (Lipinski definition) is 5. The second-order valence-electron chi connectivity index (χ2n) is 7.40. The fourth-order valence-electron chi connectivity index (χ4n) is 3.97. The van der Waals surface area contributed by atoms with E-state index in [2.05, 4.69) is 4.90 Å². The summed E-state index contributed by atoms with van der Waals surface area (Å²) in [5, 5.41) is 19.8. The molecule has 2 aliphatic rings. The Morgan fingerprint density at radius 3 is 2.88 bits per heavy atom. The first-order chi connectivity index (χ1) is 12.0. The van der Waals surface area contributed by atoms with Gasteiger partial charge in [-0.1, -0.05) is 0 Å². The maximum Gasteiger partial charge on any atom is 0.303 e. The summed E-state index contributed by atoms with van der Waals surface area (Å²) in [6.45, 7) is 4.82. The van der Waals surface area contributed by atoms with E-state index < -0.39 is 11.6 Å². The number of hydrogen-bond donors (Lipinski definition) is 2. The van der Waals surface area contributed by atoms with Crippen molar-refractivity contribution in [3.8, 4) is 0 Å². The van der Waals surface area contributed by atoms with Crippen molar-refractivity contribution in [1.29, 1.82) is 0 Å². The summed E-state index contributed by atoms with van der Waals surface area (Å²) >= 11 is 0. The van der Waals surface area contributed by atoms with E-state index in [4.69, 9.17) is 14.8 Å². The van der Waals surface area contributed by atoms with Crippen LogP contribution in [0, 0.1) is 6.92 Å². The largest absolute Gasteiger partial charge is 0.481 e. The van der Waals surface area contributed by atoms with E-state index in [0.29, 0.717) is 39.0 Å². The van der Waals surface area contributed by atoms with Crippen LogP contribution >= 0.6 is 0 Å². The summed E-state index contributed by atoms with van der Waals surface area (Å²) in [6, 6.07) is 4.22. The lowest BCUT2D eigenvalue weighted by atomic mass is 9.93. The Hall–Kier alpha value is -1.50. The van der Waals surface area contributed by atoms with Crippen molar-refractivity contribution < 1.29 is 19.7 Å². The first-order valence-electron chi connectivity index (χ1n) is 9.19. The van der Waals surface area contributed by atoms with Gasteiger partial charge in [0.05, 0.1) is 17.3 Å². The Balaban J connectivity index is 1.74. The smallest absolute Gasteiger partial charge is 0.303 e. The van der Waals surface area contributed by atoms with Crippen LogP contribution in [0.15, 0.2) is 12.1 Å². The van der Waals surface area contributed by atoms with Crippen LogP contribution in [0.2, 0.25) is 0 Å². The number of aromatic nitrogens is 1. The molecule has 0 aromatic carbocycles. The molecule has 6 nitrogen and oxygen atoms in total. The molecule has 3 rings (SSSR count). The Morgan fingerprint density at radius 1 is 1.40 bits per heavy atom. The topological polar surface area (TPSA) is 82.9 Å². The normalized spacial score (nSPS) is 23.7. The summed E-state index contributed by atoms with van der Waals surface area (Å²) in [5.74, 6) is -0.778. The number of carbonyl (C=O) groups is 1. The molecule has 1 aromatic rings. The number of pyridine rings is 1. The molecule has 0 unspecified atom stereocenters. The fourth-order valence-corrected chi connectivity index (χ4v) is 3.97. The van der Waals surface area contributed by atoms with Crippen LogP contribution < -0.4 is 0 Å². The van der Waals surface area contributed by atoms with Gasteiger partial charge in [-0.25, -0.2) is 0 Å². The van der Waals surface area contributed by atoms with Crippen molar-refractivity contribution in [3.63, 3.8) is 0 Å². The minimum Gasteiger partial charge on any atom is -0.481 e. The van der Waals surface area contributed by atoms with Gasteiger partial charge in [0.1, 0.15) is 0 Å². The van der Waals surface area contributed by atoms with Gasteiger partial charge in [0.25, 0.3) is 0 Å². The zero-order valence-electron chi connectivity index (χ0n) is 14.9. The highest BCUT2D eigenvalue weighted by atomic mass is 16.5. The molecule has 25 heavy (non-hydrogen) atoms. The average molecular weight is 348 g/mol. The quantitative estimate of drug-likeness (QED) is 0.819. The molecule has 0 aliphatic carbocycles. The molecule has 0 spiro atoms. The predicted molar refractivity (Wildman–Crippen MR) is 93.5 cm³/mol. The lowest BCUT2D eigenvalue weighted by Gasteiger charge is -2.37. The van der Waals surface area contributed by atoms with Gasteiger partial charge >= 0.3 is 5.97 Å². The fraction of sp³-hybridized carbons (Fsp3) is 0.684. The number of rotatable bonds is 6. The molecule has 138 valence electrons. The SMILES string of the molecule is Cc1cc(CCC(=O)O)cc([C@H]2CCCN2CC2(O)CCOCC2)n1. The third-order valence-electron chi connectivity index (χ3n) is 5.29. The first-order valence-corrected chi connectivity index (χ1v) is 9.19. The molecule has 2 aliphatic heterocycles. The molecule has 0 bridgehead atoms. The number of aliphatic hydroxyl groups is 1. The van der Waals surface area contributed by atoms with Crippen LogP contribution in [0.4, 0.5) is 0 Å². The average Bonchev–Trinajstić information content (AvgIpc) is 3.00. The van der Waals surface area contributed by atoms with Crippen LogP contribution in [0.1, 0.15) is 55.1 Å². The number of likely N-dealkylation sites (tertiary alicyclic amines) is 1.